The fourth-order valence-corrected chi connectivity index (χ4v) is 1.43. The number of pyridine rings is 1. The lowest BCUT2D eigenvalue weighted by Crippen LogP contribution is -2.21. The third-order valence-electron chi connectivity index (χ3n) is 2.31. The second kappa shape index (κ2) is 4.97. The number of anilines is 1. The van der Waals surface area contributed by atoms with Gasteiger partial charge in [-0.2, -0.15) is 0 Å². The highest BCUT2D eigenvalue weighted by molar-refractivity contribution is 6.04. The van der Waals surface area contributed by atoms with Crippen molar-refractivity contribution < 1.29 is 18.0 Å². The zero-order valence-electron chi connectivity index (χ0n) is 9.34. The molecule has 0 bridgehead atoms. The Morgan fingerprint density at radius 3 is 2.63 bits per heavy atom. The van der Waals surface area contributed by atoms with Crippen LogP contribution in [0.1, 0.15) is 10.4 Å². The monoisotopic (exact) mass is 268 g/mol. The average Bonchev–Trinajstić information content (AvgIpc) is 2.35. The quantitative estimate of drug-likeness (QED) is 0.819. The van der Waals surface area contributed by atoms with Gasteiger partial charge in [0, 0.05) is 30.6 Å². The Labute approximate surface area is 104 Å². The molecule has 0 spiro atoms. The van der Waals surface area contributed by atoms with Gasteiger partial charge in [0.25, 0.3) is 5.91 Å². The predicted molar refractivity (Wildman–Crippen MR) is 61.3 cm³/mol. The molecule has 2 rings (SSSR count). The summed E-state index contributed by atoms with van der Waals surface area (Å²) in [4.78, 5) is 25.5. The van der Waals surface area contributed by atoms with Crippen LogP contribution in [0.15, 0.2) is 35.4 Å². The van der Waals surface area contributed by atoms with E-state index < -0.39 is 34.5 Å². The maximum absolute atomic E-state index is 13.3. The van der Waals surface area contributed by atoms with Crippen molar-refractivity contribution >= 4 is 11.6 Å². The highest BCUT2D eigenvalue weighted by Crippen LogP contribution is 2.19. The van der Waals surface area contributed by atoms with E-state index in [2.05, 4.69) is 4.98 Å². The molecular weight excluding hydrogens is 261 g/mol. The van der Waals surface area contributed by atoms with Crippen LogP contribution in [0.25, 0.3) is 0 Å². The summed E-state index contributed by atoms with van der Waals surface area (Å²) in [7, 11) is 0. The van der Waals surface area contributed by atoms with Crippen LogP contribution in [-0.4, -0.2) is 10.9 Å². The van der Waals surface area contributed by atoms with Crippen molar-refractivity contribution in [3.05, 3.63) is 63.8 Å². The van der Waals surface area contributed by atoms with Gasteiger partial charge in [0.05, 0.1) is 5.69 Å². The van der Waals surface area contributed by atoms with E-state index in [1.807, 2.05) is 5.32 Å². The van der Waals surface area contributed by atoms with Crippen LogP contribution in [0.4, 0.5) is 18.9 Å². The molecule has 1 heterocycles. The number of hydrogen-bond donors (Lipinski definition) is 2. The molecule has 2 N–H and O–H groups in total. The molecule has 0 radical (unpaired) electrons. The molecule has 19 heavy (non-hydrogen) atoms. The van der Waals surface area contributed by atoms with Crippen LogP contribution in [0.5, 0.6) is 0 Å². The van der Waals surface area contributed by atoms with E-state index in [0.29, 0.717) is 12.1 Å². The Kier molecular flexibility index (Phi) is 3.37. The lowest BCUT2D eigenvalue weighted by molar-refractivity contribution is 0.102. The van der Waals surface area contributed by atoms with E-state index in [0.717, 1.165) is 12.3 Å². The molecule has 0 atom stereocenters. The maximum atomic E-state index is 13.3. The summed E-state index contributed by atoms with van der Waals surface area (Å²) < 4.78 is 39.2. The third-order valence-corrected chi connectivity index (χ3v) is 2.31. The Bertz CT molecular complexity index is 698. The normalized spacial score (nSPS) is 10.3. The third kappa shape index (κ3) is 2.65. The molecule has 2 aromatic rings. The van der Waals surface area contributed by atoms with E-state index >= 15 is 0 Å². The number of carbonyl (C=O) groups is 1. The van der Waals surface area contributed by atoms with E-state index in [1.165, 1.54) is 6.20 Å². The Hall–Kier alpha value is -2.57. The molecule has 7 heteroatoms. The van der Waals surface area contributed by atoms with Gasteiger partial charge in [-0.15, -0.1) is 0 Å². The van der Waals surface area contributed by atoms with Crippen LogP contribution in [-0.2, 0) is 0 Å². The minimum atomic E-state index is -1.43. The van der Waals surface area contributed by atoms with Gasteiger partial charge in [0.1, 0.15) is 11.4 Å². The smallest absolute Gasteiger partial charge is 0.261 e. The SMILES string of the molecule is O=C(Nc1cc(F)cc(F)c1F)c1c[nH]ccc1=O. The minimum absolute atomic E-state index is 0.299. The topological polar surface area (TPSA) is 62.0 Å². The average molecular weight is 268 g/mol. The van der Waals surface area contributed by atoms with Crippen molar-refractivity contribution in [1.82, 2.24) is 4.98 Å². The zero-order valence-corrected chi connectivity index (χ0v) is 9.34. The van der Waals surface area contributed by atoms with Crippen LogP contribution < -0.4 is 10.7 Å². The van der Waals surface area contributed by atoms with Crippen LogP contribution >= 0.6 is 0 Å². The number of hydrogen-bond acceptors (Lipinski definition) is 2. The summed E-state index contributed by atoms with van der Waals surface area (Å²) in [6.45, 7) is 0. The first-order valence-corrected chi connectivity index (χ1v) is 5.12. The molecule has 0 fully saturated rings. The highest BCUT2D eigenvalue weighted by Gasteiger charge is 2.16. The molecule has 4 nitrogen and oxygen atoms in total. The number of aromatic amines is 1. The predicted octanol–water partition coefficient (Wildman–Crippen LogP) is 2.04. The van der Waals surface area contributed by atoms with Crippen molar-refractivity contribution in [2.75, 3.05) is 5.32 Å². The van der Waals surface area contributed by atoms with Crippen LogP contribution in [0.2, 0.25) is 0 Å². The van der Waals surface area contributed by atoms with Gasteiger partial charge >= 0.3 is 0 Å². The number of benzene rings is 1. The van der Waals surface area contributed by atoms with Gasteiger partial charge in [-0.05, 0) is 0 Å². The molecule has 0 aliphatic carbocycles. The van der Waals surface area contributed by atoms with Crippen molar-refractivity contribution in [1.29, 1.82) is 0 Å². The fraction of sp³-hybridized carbons (Fsp3) is 0. The van der Waals surface area contributed by atoms with Gasteiger partial charge in [-0.1, -0.05) is 0 Å². The minimum Gasteiger partial charge on any atom is -0.367 e. The summed E-state index contributed by atoms with van der Waals surface area (Å²) in [6, 6.07) is 2.06. The highest BCUT2D eigenvalue weighted by atomic mass is 19.2. The van der Waals surface area contributed by atoms with Gasteiger partial charge in [0.15, 0.2) is 17.1 Å². The molecule has 1 aromatic carbocycles. The van der Waals surface area contributed by atoms with Crippen molar-refractivity contribution in [3.63, 3.8) is 0 Å². The second-order valence-corrected chi connectivity index (χ2v) is 3.63. The van der Waals surface area contributed by atoms with Gasteiger partial charge in [0.2, 0.25) is 0 Å². The van der Waals surface area contributed by atoms with Gasteiger partial charge in [-0.25, -0.2) is 13.2 Å². The second-order valence-electron chi connectivity index (χ2n) is 3.63. The summed E-state index contributed by atoms with van der Waals surface area (Å²) in [5.41, 5.74) is -1.58. The van der Waals surface area contributed by atoms with Gasteiger partial charge < -0.3 is 10.3 Å². The number of amides is 1. The largest absolute Gasteiger partial charge is 0.367 e. The van der Waals surface area contributed by atoms with E-state index in [4.69, 9.17) is 0 Å². The van der Waals surface area contributed by atoms with E-state index in [1.54, 1.807) is 0 Å². The van der Waals surface area contributed by atoms with E-state index in [9.17, 15) is 22.8 Å². The molecule has 1 amide bonds. The maximum Gasteiger partial charge on any atom is 0.261 e. The molecule has 1 aromatic heterocycles. The molecule has 0 aliphatic rings. The summed E-state index contributed by atoms with van der Waals surface area (Å²) in [5.74, 6) is -4.85. The molecule has 0 saturated heterocycles. The fourth-order valence-electron chi connectivity index (χ4n) is 1.43. The Morgan fingerprint density at radius 1 is 1.21 bits per heavy atom. The zero-order chi connectivity index (χ0) is 14.0. The van der Waals surface area contributed by atoms with Crippen molar-refractivity contribution in [3.8, 4) is 0 Å². The summed E-state index contributed by atoms with van der Waals surface area (Å²) in [6.07, 6.45) is 2.41. The summed E-state index contributed by atoms with van der Waals surface area (Å²) in [5, 5.41) is 1.94. The molecule has 0 unspecified atom stereocenters. The first kappa shape index (κ1) is 12.9. The van der Waals surface area contributed by atoms with Crippen LogP contribution in [0, 0.1) is 17.5 Å². The number of halogens is 3. The molecule has 0 saturated carbocycles. The Balaban J connectivity index is 2.35. The van der Waals surface area contributed by atoms with Crippen molar-refractivity contribution in [2.45, 2.75) is 0 Å². The summed E-state index contributed by atoms with van der Waals surface area (Å²) >= 11 is 0. The number of rotatable bonds is 2. The molecular formula is C12H7F3N2O2. The first-order chi connectivity index (χ1) is 8.99. The number of nitrogens with one attached hydrogen (secondary N) is 2. The molecule has 0 aliphatic heterocycles. The Morgan fingerprint density at radius 2 is 1.95 bits per heavy atom. The number of aromatic nitrogens is 1. The van der Waals surface area contributed by atoms with Gasteiger partial charge in [-0.3, -0.25) is 9.59 Å². The molecule has 98 valence electrons. The van der Waals surface area contributed by atoms with Crippen LogP contribution in [0.3, 0.4) is 0 Å². The van der Waals surface area contributed by atoms with E-state index in [-0.39, 0.29) is 5.56 Å². The lowest BCUT2D eigenvalue weighted by atomic mass is 10.2. The lowest BCUT2D eigenvalue weighted by Gasteiger charge is -2.06. The first-order valence-electron chi connectivity index (χ1n) is 5.12. The standard InChI is InChI=1S/C12H7F3N2O2/c13-6-3-8(14)11(15)9(4-6)17-12(19)7-5-16-2-1-10(7)18/h1-5H,(H,16,18)(H,17,19). The number of carbonyl (C=O) groups excluding carboxylic acids is 1. The number of H-pyrrole nitrogens is 1. The van der Waals surface area contributed by atoms with Crippen molar-refractivity contribution in [2.24, 2.45) is 0 Å².